The average molecular weight is 208 g/mol. The van der Waals surface area contributed by atoms with Crippen molar-refractivity contribution < 1.29 is 18.9 Å². The summed E-state index contributed by atoms with van der Waals surface area (Å²) in [6, 6.07) is 0. The summed E-state index contributed by atoms with van der Waals surface area (Å²) in [5.41, 5.74) is -0.763. The monoisotopic (exact) mass is 208 g/mol. The molecular formula is C8H17O4P. The molecule has 0 saturated heterocycles. The number of hydrogen-bond acceptors (Lipinski definition) is 2. The zero-order valence-corrected chi connectivity index (χ0v) is 8.96. The second-order valence-corrected chi connectivity index (χ2v) is 4.13. The fraction of sp³-hybridized carbons (Fsp3) is 0.750. The molecule has 0 bridgehead atoms. The van der Waals surface area contributed by atoms with E-state index in [1.165, 1.54) is 0 Å². The van der Waals surface area contributed by atoms with Gasteiger partial charge in [-0.2, -0.15) is 0 Å². The molecule has 0 heterocycles. The number of phosphoric ester groups is 1. The Balaban J connectivity index is 4.56. The van der Waals surface area contributed by atoms with E-state index in [0.29, 0.717) is 19.3 Å². The minimum Gasteiger partial charge on any atom is -0.303 e. The van der Waals surface area contributed by atoms with Crippen molar-refractivity contribution in [3.8, 4) is 0 Å². The Labute approximate surface area is 78.9 Å². The van der Waals surface area contributed by atoms with E-state index in [1.807, 2.05) is 13.8 Å². The van der Waals surface area contributed by atoms with Gasteiger partial charge in [-0.05, 0) is 19.3 Å². The van der Waals surface area contributed by atoms with Gasteiger partial charge in [-0.15, -0.1) is 6.58 Å². The van der Waals surface area contributed by atoms with Crippen molar-refractivity contribution in [2.24, 2.45) is 0 Å². The fourth-order valence-electron chi connectivity index (χ4n) is 1.22. The summed E-state index contributed by atoms with van der Waals surface area (Å²) in [5, 5.41) is 0. The van der Waals surface area contributed by atoms with E-state index in [9.17, 15) is 4.57 Å². The second-order valence-electron chi connectivity index (χ2n) is 2.96. The van der Waals surface area contributed by atoms with Gasteiger partial charge in [0.2, 0.25) is 0 Å². The lowest BCUT2D eigenvalue weighted by molar-refractivity contribution is 0.0292. The zero-order valence-electron chi connectivity index (χ0n) is 8.06. The van der Waals surface area contributed by atoms with Gasteiger partial charge in [0.05, 0.1) is 5.60 Å². The van der Waals surface area contributed by atoms with Crippen LogP contribution in [0.15, 0.2) is 12.7 Å². The van der Waals surface area contributed by atoms with Crippen molar-refractivity contribution in [2.75, 3.05) is 0 Å². The molecule has 4 nitrogen and oxygen atoms in total. The normalized spacial score (nSPS) is 12.9. The molecular weight excluding hydrogens is 191 g/mol. The van der Waals surface area contributed by atoms with Gasteiger partial charge in [-0.25, -0.2) is 4.57 Å². The van der Waals surface area contributed by atoms with Crippen LogP contribution in [0.5, 0.6) is 0 Å². The maximum Gasteiger partial charge on any atom is 0.470 e. The minimum atomic E-state index is -4.40. The number of hydrogen-bond donors (Lipinski definition) is 2. The molecule has 5 heteroatoms. The molecule has 0 aromatic heterocycles. The van der Waals surface area contributed by atoms with Crippen molar-refractivity contribution in [1.29, 1.82) is 0 Å². The van der Waals surface area contributed by atoms with Gasteiger partial charge < -0.3 is 9.79 Å². The highest BCUT2D eigenvalue weighted by Crippen LogP contribution is 2.45. The fourth-order valence-corrected chi connectivity index (χ4v) is 2.06. The van der Waals surface area contributed by atoms with Crippen molar-refractivity contribution in [3.63, 3.8) is 0 Å². The smallest absolute Gasteiger partial charge is 0.303 e. The quantitative estimate of drug-likeness (QED) is 0.518. The average Bonchev–Trinajstić information content (AvgIpc) is 2.01. The molecule has 0 atom stereocenters. The van der Waals surface area contributed by atoms with Crippen LogP contribution in [-0.2, 0) is 9.09 Å². The molecule has 78 valence electrons. The Kier molecular flexibility index (Phi) is 4.86. The topological polar surface area (TPSA) is 66.8 Å². The third-order valence-electron chi connectivity index (χ3n) is 2.12. The molecule has 0 aromatic rings. The van der Waals surface area contributed by atoms with E-state index in [2.05, 4.69) is 6.58 Å². The first-order chi connectivity index (χ1) is 5.89. The van der Waals surface area contributed by atoms with Crippen molar-refractivity contribution in [1.82, 2.24) is 0 Å². The molecule has 13 heavy (non-hydrogen) atoms. The van der Waals surface area contributed by atoms with Gasteiger partial charge in [0, 0.05) is 0 Å². The summed E-state index contributed by atoms with van der Waals surface area (Å²) in [6.07, 6.45) is 3.18. The molecule has 0 rings (SSSR count). The molecule has 0 fully saturated rings. The zero-order chi connectivity index (χ0) is 10.5. The number of phosphoric acid groups is 1. The molecule has 0 aromatic carbocycles. The van der Waals surface area contributed by atoms with Gasteiger partial charge in [0.15, 0.2) is 0 Å². The van der Waals surface area contributed by atoms with Crippen molar-refractivity contribution in [3.05, 3.63) is 12.7 Å². The highest BCUT2D eigenvalue weighted by Gasteiger charge is 2.33. The Morgan fingerprint density at radius 3 is 2.15 bits per heavy atom. The third kappa shape index (κ3) is 4.58. The predicted molar refractivity (Wildman–Crippen MR) is 51.3 cm³/mol. The SMILES string of the molecule is C=CCC(CC)(CC)OP(=O)(O)O. The summed E-state index contributed by atoms with van der Waals surface area (Å²) in [7, 11) is -4.40. The van der Waals surface area contributed by atoms with Crippen LogP contribution in [0.4, 0.5) is 0 Å². The van der Waals surface area contributed by atoms with E-state index in [4.69, 9.17) is 14.3 Å². The maximum atomic E-state index is 10.7. The molecule has 0 saturated carbocycles. The summed E-state index contributed by atoms with van der Waals surface area (Å²) < 4.78 is 15.4. The Morgan fingerprint density at radius 2 is 1.92 bits per heavy atom. The first-order valence-corrected chi connectivity index (χ1v) is 5.79. The van der Waals surface area contributed by atoms with Crippen LogP contribution >= 0.6 is 7.82 Å². The van der Waals surface area contributed by atoms with E-state index in [-0.39, 0.29) is 0 Å². The lowest BCUT2D eigenvalue weighted by Crippen LogP contribution is -2.29. The molecule has 2 N–H and O–H groups in total. The van der Waals surface area contributed by atoms with Gasteiger partial charge in [0.1, 0.15) is 0 Å². The van der Waals surface area contributed by atoms with Gasteiger partial charge in [-0.1, -0.05) is 19.9 Å². The summed E-state index contributed by atoms with van der Waals surface area (Å²) in [6.45, 7) is 7.21. The van der Waals surface area contributed by atoms with Gasteiger partial charge in [-0.3, -0.25) is 4.52 Å². The molecule has 0 aliphatic rings. The molecule has 0 aliphatic carbocycles. The third-order valence-corrected chi connectivity index (χ3v) is 2.74. The Morgan fingerprint density at radius 1 is 1.46 bits per heavy atom. The van der Waals surface area contributed by atoms with Crippen LogP contribution < -0.4 is 0 Å². The van der Waals surface area contributed by atoms with Crippen LogP contribution in [0.2, 0.25) is 0 Å². The lowest BCUT2D eigenvalue weighted by Gasteiger charge is -2.30. The standard InChI is InChI=1S/C8H17O4P/c1-4-7-8(5-2,6-3)12-13(9,10)11/h4H,1,5-7H2,2-3H3,(H2,9,10,11). The Hall–Kier alpha value is -0.150. The van der Waals surface area contributed by atoms with Crippen molar-refractivity contribution >= 4 is 7.82 Å². The van der Waals surface area contributed by atoms with E-state index in [0.717, 1.165) is 0 Å². The Bertz CT molecular complexity index is 204. The summed E-state index contributed by atoms with van der Waals surface area (Å²) in [4.78, 5) is 17.4. The predicted octanol–water partition coefficient (Wildman–Crippen LogP) is 2.23. The first kappa shape index (κ1) is 12.8. The molecule has 0 amide bonds. The molecule has 0 radical (unpaired) electrons. The van der Waals surface area contributed by atoms with Gasteiger partial charge >= 0.3 is 7.82 Å². The van der Waals surface area contributed by atoms with Crippen LogP contribution in [0.3, 0.4) is 0 Å². The van der Waals surface area contributed by atoms with Gasteiger partial charge in [0.25, 0.3) is 0 Å². The lowest BCUT2D eigenvalue weighted by atomic mass is 9.94. The molecule has 0 aliphatic heterocycles. The van der Waals surface area contributed by atoms with E-state index in [1.54, 1.807) is 6.08 Å². The summed E-state index contributed by atoms with van der Waals surface area (Å²) >= 11 is 0. The molecule has 0 unspecified atom stereocenters. The molecule has 0 spiro atoms. The van der Waals surface area contributed by atoms with E-state index < -0.39 is 13.4 Å². The van der Waals surface area contributed by atoms with Crippen LogP contribution in [0.25, 0.3) is 0 Å². The van der Waals surface area contributed by atoms with Crippen molar-refractivity contribution in [2.45, 2.75) is 38.7 Å². The maximum absolute atomic E-state index is 10.7. The minimum absolute atomic E-state index is 0.450. The van der Waals surface area contributed by atoms with Crippen LogP contribution in [-0.4, -0.2) is 15.4 Å². The first-order valence-electron chi connectivity index (χ1n) is 4.26. The van der Waals surface area contributed by atoms with E-state index >= 15 is 0 Å². The van der Waals surface area contributed by atoms with Crippen LogP contribution in [0.1, 0.15) is 33.1 Å². The second kappa shape index (κ2) is 4.91. The number of rotatable bonds is 6. The highest BCUT2D eigenvalue weighted by molar-refractivity contribution is 7.46. The summed E-state index contributed by atoms with van der Waals surface area (Å²) in [5.74, 6) is 0. The largest absolute Gasteiger partial charge is 0.470 e. The highest BCUT2D eigenvalue weighted by atomic mass is 31.2. The van der Waals surface area contributed by atoms with Crippen LogP contribution in [0, 0.1) is 0 Å².